The molecule has 2 heterocycles. The van der Waals surface area contributed by atoms with Gasteiger partial charge in [0, 0.05) is 17.8 Å². The molecule has 1 aromatic carbocycles. The summed E-state index contributed by atoms with van der Waals surface area (Å²) >= 11 is 1.59. The summed E-state index contributed by atoms with van der Waals surface area (Å²) < 4.78 is 2.00. The molecule has 2 aromatic heterocycles. The van der Waals surface area contributed by atoms with Gasteiger partial charge in [0.05, 0.1) is 17.6 Å². The van der Waals surface area contributed by atoms with Gasteiger partial charge in [-0.15, -0.1) is 11.3 Å². The number of thiazole rings is 1. The summed E-state index contributed by atoms with van der Waals surface area (Å²) in [5, 5.41) is 7.13. The van der Waals surface area contributed by atoms with Crippen LogP contribution in [0.1, 0.15) is 5.69 Å². The van der Waals surface area contributed by atoms with E-state index in [9.17, 15) is 0 Å². The highest BCUT2D eigenvalue weighted by Crippen LogP contribution is 2.14. The molecule has 0 amide bonds. The van der Waals surface area contributed by atoms with Gasteiger partial charge in [-0.1, -0.05) is 18.2 Å². The Balaban J connectivity index is 1.76. The Bertz CT molecular complexity index is 656. The van der Waals surface area contributed by atoms with E-state index < -0.39 is 0 Å². The maximum absolute atomic E-state index is 4.29. The van der Waals surface area contributed by atoms with E-state index in [1.807, 2.05) is 58.6 Å². The van der Waals surface area contributed by atoms with Gasteiger partial charge in [-0.05, 0) is 24.3 Å². The molecule has 1 N–H and O–H groups in total. The average molecular weight is 268 g/mol. The quantitative estimate of drug-likeness (QED) is 0.582. The molecule has 0 unspecified atom stereocenters. The monoisotopic (exact) mass is 268 g/mol. The topological polar surface area (TPSA) is 42.2 Å². The third-order valence-electron chi connectivity index (χ3n) is 2.57. The first-order valence-electron chi connectivity index (χ1n) is 5.85. The van der Waals surface area contributed by atoms with Crippen LogP contribution in [0.2, 0.25) is 0 Å². The van der Waals surface area contributed by atoms with E-state index in [1.54, 1.807) is 23.7 Å². The van der Waals surface area contributed by atoms with Crippen LogP contribution in [0.4, 0.5) is 5.69 Å². The van der Waals surface area contributed by atoms with E-state index in [4.69, 9.17) is 0 Å². The number of para-hydroxylation sites is 1. The molecule has 0 aliphatic rings. The minimum absolute atomic E-state index is 0.936. The fourth-order valence-corrected chi connectivity index (χ4v) is 2.34. The molecule has 3 rings (SSSR count). The van der Waals surface area contributed by atoms with Crippen LogP contribution in [0.25, 0.3) is 5.13 Å². The third kappa shape index (κ3) is 2.71. The first kappa shape index (κ1) is 11.7. The van der Waals surface area contributed by atoms with Gasteiger partial charge in [-0.25, -0.2) is 4.98 Å². The number of hydrogen-bond donors (Lipinski definition) is 1. The highest BCUT2D eigenvalue weighted by Gasteiger charge is 2.02. The molecule has 0 fully saturated rings. The van der Waals surface area contributed by atoms with Crippen molar-refractivity contribution < 1.29 is 0 Å². The van der Waals surface area contributed by atoms with Crippen molar-refractivity contribution in [2.45, 2.75) is 0 Å². The van der Waals surface area contributed by atoms with Gasteiger partial charge in [0.15, 0.2) is 5.13 Å². The third-order valence-corrected chi connectivity index (χ3v) is 3.34. The van der Waals surface area contributed by atoms with Crippen molar-refractivity contribution in [1.82, 2.24) is 9.55 Å². The zero-order chi connectivity index (χ0) is 12.9. The van der Waals surface area contributed by atoms with Crippen molar-refractivity contribution in [2.24, 2.45) is 5.10 Å². The summed E-state index contributed by atoms with van der Waals surface area (Å²) in [4.78, 5) is 4.29. The standard InChI is InChI=1S/C14H12N4S/c1-2-5-12(6-3-1)17-16-11-13-7-4-9-18(13)14-15-8-10-19-14/h1-11,17H/b16-11-. The molecule has 0 atom stereocenters. The smallest absolute Gasteiger partial charge is 0.193 e. The number of hydrogen-bond acceptors (Lipinski definition) is 4. The molecule has 4 nitrogen and oxygen atoms in total. The predicted molar refractivity (Wildman–Crippen MR) is 79.1 cm³/mol. The minimum atomic E-state index is 0.936. The summed E-state index contributed by atoms with van der Waals surface area (Å²) in [6.45, 7) is 0. The molecule has 5 heteroatoms. The minimum Gasteiger partial charge on any atom is -0.292 e. The molecule has 0 radical (unpaired) electrons. The maximum Gasteiger partial charge on any atom is 0.193 e. The zero-order valence-corrected chi connectivity index (χ0v) is 10.9. The molecule has 0 aliphatic heterocycles. The molecular weight excluding hydrogens is 256 g/mol. The van der Waals surface area contributed by atoms with Crippen LogP contribution >= 0.6 is 11.3 Å². The van der Waals surface area contributed by atoms with E-state index in [-0.39, 0.29) is 0 Å². The lowest BCUT2D eigenvalue weighted by Crippen LogP contribution is -1.98. The van der Waals surface area contributed by atoms with Crippen LogP contribution in [0, 0.1) is 0 Å². The number of hydrazone groups is 1. The number of nitrogens with one attached hydrogen (secondary N) is 1. The lowest BCUT2D eigenvalue weighted by molar-refractivity contribution is 1.04. The number of nitrogens with zero attached hydrogens (tertiary/aromatic N) is 3. The van der Waals surface area contributed by atoms with E-state index in [0.717, 1.165) is 16.5 Å². The molecule has 0 saturated carbocycles. The lowest BCUT2D eigenvalue weighted by atomic mass is 10.3. The van der Waals surface area contributed by atoms with Crippen LogP contribution in [0.3, 0.4) is 0 Å². The van der Waals surface area contributed by atoms with Gasteiger partial charge in [-0.2, -0.15) is 5.10 Å². The Kier molecular flexibility index (Phi) is 3.38. The first-order chi connectivity index (χ1) is 9.43. The number of benzene rings is 1. The first-order valence-corrected chi connectivity index (χ1v) is 6.73. The summed E-state index contributed by atoms with van der Waals surface area (Å²) in [6.07, 6.45) is 5.56. The van der Waals surface area contributed by atoms with Crippen molar-refractivity contribution in [3.8, 4) is 5.13 Å². The Hall–Kier alpha value is -2.40. The van der Waals surface area contributed by atoms with Crippen LogP contribution in [0.5, 0.6) is 0 Å². The van der Waals surface area contributed by atoms with E-state index in [0.29, 0.717) is 0 Å². The average Bonchev–Trinajstić information content (AvgIpc) is 3.10. The Morgan fingerprint density at radius 3 is 2.84 bits per heavy atom. The predicted octanol–water partition coefficient (Wildman–Crippen LogP) is 3.38. The lowest BCUT2D eigenvalue weighted by Gasteiger charge is -2.01. The van der Waals surface area contributed by atoms with Gasteiger partial charge in [0.2, 0.25) is 0 Å². The summed E-state index contributed by atoms with van der Waals surface area (Å²) in [5.74, 6) is 0. The Labute approximate surface area is 115 Å². The van der Waals surface area contributed by atoms with Gasteiger partial charge < -0.3 is 0 Å². The Morgan fingerprint density at radius 2 is 2.05 bits per heavy atom. The van der Waals surface area contributed by atoms with Crippen molar-refractivity contribution >= 4 is 23.2 Å². The molecule has 0 aliphatic carbocycles. The highest BCUT2D eigenvalue weighted by atomic mass is 32.1. The molecular formula is C14H12N4S. The van der Waals surface area contributed by atoms with Crippen molar-refractivity contribution in [2.75, 3.05) is 5.43 Å². The van der Waals surface area contributed by atoms with Gasteiger partial charge in [0.25, 0.3) is 0 Å². The second-order valence-corrected chi connectivity index (χ2v) is 4.73. The van der Waals surface area contributed by atoms with E-state index in [2.05, 4.69) is 15.5 Å². The van der Waals surface area contributed by atoms with Crippen LogP contribution < -0.4 is 5.43 Å². The van der Waals surface area contributed by atoms with E-state index >= 15 is 0 Å². The molecule has 19 heavy (non-hydrogen) atoms. The molecule has 0 saturated heterocycles. The fraction of sp³-hybridized carbons (Fsp3) is 0. The maximum atomic E-state index is 4.29. The van der Waals surface area contributed by atoms with Crippen LogP contribution in [-0.2, 0) is 0 Å². The van der Waals surface area contributed by atoms with Gasteiger partial charge in [-0.3, -0.25) is 9.99 Å². The Morgan fingerprint density at radius 1 is 1.16 bits per heavy atom. The summed E-state index contributed by atoms with van der Waals surface area (Å²) in [6, 6.07) is 13.8. The summed E-state index contributed by atoms with van der Waals surface area (Å²) in [7, 11) is 0. The van der Waals surface area contributed by atoms with Crippen LogP contribution in [-0.4, -0.2) is 15.8 Å². The van der Waals surface area contributed by atoms with E-state index in [1.165, 1.54) is 0 Å². The molecule has 3 aromatic rings. The highest BCUT2D eigenvalue weighted by molar-refractivity contribution is 7.12. The second-order valence-electron chi connectivity index (χ2n) is 3.85. The number of aromatic nitrogens is 2. The van der Waals surface area contributed by atoms with Crippen LogP contribution in [0.15, 0.2) is 65.3 Å². The van der Waals surface area contributed by atoms with Gasteiger partial charge in [0.1, 0.15) is 0 Å². The number of anilines is 1. The van der Waals surface area contributed by atoms with Gasteiger partial charge >= 0.3 is 0 Å². The SMILES string of the molecule is C(=N/Nc1ccccc1)/c1cccn1-c1nccs1. The zero-order valence-electron chi connectivity index (χ0n) is 10.1. The van der Waals surface area contributed by atoms with Crippen molar-refractivity contribution in [3.05, 3.63) is 65.9 Å². The van der Waals surface area contributed by atoms with Crippen molar-refractivity contribution in [1.29, 1.82) is 0 Å². The fourth-order valence-electron chi connectivity index (χ4n) is 1.69. The second kappa shape index (κ2) is 5.49. The molecule has 94 valence electrons. The normalized spacial score (nSPS) is 10.9. The number of rotatable bonds is 4. The molecule has 0 spiro atoms. The largest absolute Gasteiger partial charge is 0.292 e. The molecule has 0 bridgehead atoms. The summed E-state index contributed by atoms with van der Waals surface area (Å²) in [5.41, 5.74) is 4.94. The van der Waals surface area contributed by atoms with Crippen molar-refractivity contribution in [3.63, 3.8) is 0 Å².